The highest BCUT2D eigenvalue weighted by Crippen LogP contribution is 2.16. The standard InChI is InChI=1S/C14H18FN3/c1-3-16-13(14-9-18(2)10-17-14)8-11-4-6-12(15)7-5-11/h4-7,9-10,13,16H,3,8H2,1-2H3. The van der Waals surface area contributed by atoms with Crippen molar-refractivity contribution in [1.82, 2.24) is 14.9 Å². The normalized spacial score (nSPS) is 12.6. The quantitative estimate of drug-likeness (QED) is 0.879. The van der Waals surface area contributed by atoms with E-state index in [1.165, 1.54) is 12.1 Å². The molecule has 0 aliphatic carbocycles. The molecule has 0 saturated heterocycles. The smallest absolute Gasteiger partial charge is 0.123 e. The Labute approximate surface area is 107 Å². The molecule has 1 unspecified atom stereocenters. The van der Waals surface area contributed by atoms with Crippen LogP contribution in [0, 0.1) is 5.82 Å². The fourth-order valence-corrected chi connectivity index (χ4v) is 2.00. The third-order valence-corrected chi connectivity index (χ3v) is 2.89. The van der Waals surface area contributed by atoms with Crippen LogP contribution in [0.5, 0.6) is 0 Å². The van der Waals surface area contributed by atoms with E-state index in [9.17, 15) is 4.39 Å². The lowest BCUT2D eigenvalue weighted by Gasteiger charge is -2.15. The fraction of sp³-hybridized carbons (Fsp3) is 0.357. The number of hydrogen-bond donors (Lipinski definition) is 1. The summed E-state index contributed by atoms with van der Waals surface area (Å²) in [5, 5.41) is 3.41. The minimum Gasteiger partial charge on any atom is -0.340 e. The van der Waals surface area contributed by atoms with Crippen molar-refractivity contribution in [3.05, 3.63) is 53.9 Å². The van der Waals surface area contributed by atoms with Gasteiger partial charge in [-0.1, -0.05) is 19.1 Å². The number of rotatable bonds is 5. The van der Waals surface area contributed by atoms with E-state index in [0.29, 0.717) is 0 Å². The molecule has 1 atom stereocenters. The predicted octanol–water partition coefficient (Wildman–Crippen LogP) is 2.45. The first-order valence-electron chi connectivity index (χ1n) is 6.14. The zero-order valence-electron chi connectivity index (χ0n) is 10.7. The minimum absolute atomic E-state index is 0.168. The summed E-state index contributed by atoms with van der Waals surface area (Å²) in [6, 6.07) is 6.81. The van der Waals surface area contributed by atoms with Gasteiger partial charge in [0.1, 0.15) is 5.82 Å². The summed E-state index contributed by atoms with van der Waals surface area (Å²) in [5.74, 6) is -0.198. The van der Waals surface area contributed by atoms with E-state index in [1.807, 2.05) is 29.9 Å². The van der Waals surface area contributed by atoms with Crippen LogP contribution in [0.4, 0.5) is 4.39 Å². The molecular formula is C14H18FN3. The average molecular weight is 247 g/mol. The molecule has 0 bridgehead atoms. The molecule has 0 amide bonds. The van der Waals surface area contributed by atoms with Crippen molar-refractivity contribution in [3.8, 4) is 0 Å². The van der Waals surface area contributed by atoms with E-state index in [1.54, 1.807) is 6.33 Å². The number of nitrogens with zero attached hydrogens (tertiary/aromatic N) is 2. The molecule has 4 heteroatoms. The second-order valence-corrected chi connectivity index (χ2v) is 4.40. The van der Waals surface area contributed by atoms with E-state index >= 15 is 0 Å². The Hall–Kier alpha value is -1.68. The summed E-state index contributed by atoms with van der Waals surface area (Å²) in [5.41, 5.74) is 2.12. The summed E-state index contributed by atoms with van der Waals surface area (Å²) in [4.78, 5) is 4.37. The number of benzene rings is 1. The summed E-state index contributed by atoms with van der Waals surface area (Å²) in [6.07, 6.45) is 4.62. The van der Waals surface area contributed by atoms with Gasteiger partial charge in [0, 0.05) is 13.2 Å². The fourth-order valence-electron chi connectivity index (χ4n) is 2.00. The monoisotopic (exact) mass is 247 g/mol. The van der Waals surface area contributed by atoms with Gasteiger partial charge in [-0.3, -0.25) is 0 Å². The first kappa shape index (κ1) is 12.8. The van der Waals surface area contributed by atoms with Crippen molar-refractivity contribution in [2.75, 3.05) is 6.54 Å². The van der Waals surface area contributed by atoms with Crippen LogP contribution >= 0.6 is 0 Å². The Bertz CT molecular complexity index is 490. The Morgan fingerprint density at radius 2 is 2.06 bits per heavy atom. The SMILES string of the molecule is CCNC(Cc1ccc(F)cc1)c1cn(C)cn1. The maximum atomic E-state index is 12.9. The van der Waals surface area contributed by atoms with E-state index in [2.05, 4.69) is 17.2 Å². The number of likely N-dealkylation sites (N-methyl/N-ethyl adjacent to an activating group) is 1. The van der Waals surface area contributed by atoms with Crippen molar-refractivity contribution < 1.29 is 4.39 Å². The van der Waals surface area contributed by atoms with Crippen LogP contribution in [0.1, 0.15) is 24.2 Å². The van der Waals surface area contributed by atoms with Crippen LogP contribution in [0.15, 0.2) is 36.8 Å². The number of aryl methyl sites for hydroxylation is 1. The topological polar surface area (TPSA) is 29.9 Å². The van der Waals surface area contributed by atoms with E-state index < -0.39 is 0 Å². The molecule has 1 aromatic carbocycles. The zero-order valence-corrected chi connectivity index (χ0v) is 10.7. The second kappa shape index (κ2) is 5.78. The molecule has 3 nitrogen and oxygen atoms in total. The van der Waals surface area contributed by atoms with Crippen molar-refractivity contribution in [3.63, 3.8) is 0 Å². The summed E-state index contributed by atoms with van der Waals surface area (Å²) >= 11 is 0. The largest absolute Gasteiger partial charge is 0.340 e. The third-order valence-electron chi connectivity index (χ3n) is 2.89. The molecule has 2 aromatic rings. The van der Waals surface area contributed by atoms with Crippen LogP contribution in [0.3, 0.4) is 0 Å². The molecule has 96 valence electrons. The van der Waals surface area contributed by atoms with Crippen LogP contribution < -0.4 is 5.32 Å². The molecule has 0 spiro atoms. The van der Waals surface area contributed by atoms with Crippen molar-refractivity contribution in [1.29, 1.82) is 0 Å². The lowest BCUT2D eigenvalue weighted by molar-refractivity contribution is 0.537. The molecule has 18 heavy (non-hydrogen) atoms. The zero-order chi connectivity index (χ0) is 13.0. The van der Waals surface area contributed by atoms with Crippen LogP contribution in [-0.2, 0) is 13.5 Å². The number of nitrogens with one attached hydrogen (secondary N) is 1. The van der Waals surface area contributed by atoms with E-state index in [4.69, 9.17) is 0 Å². The second-order valence-electron chi connectivity index (χ2n) is 4.40. The number of aromatic nitrogens is 2. The lowest BCUT2D eigenvalue weighted by atomic mass is 10.0. The van der Waals surface area contributed by atoms with Crippen LogP contribution in [0.25, 0.3) is 0 Å². The van der Waals surface area contributed by atoms with Gasteiger partial charge in [0.15, 0.2) is 0 Å². The lowest BCUT2D eigenvalue weighted by Crippen LogP contribution is -2.23. The first-order valence-corrected chi connectivity index (χ1v) is 6.14. The van der Waals surface area contributed by atoms with Gasteiger partial charge in [0.2, 0.25) is 0 Å². The molecule has 1 heterocycles. The van der Waals surface area contributed by atoms with E-state index in [0.717, 1.165) is 24.2 Å². The van der Waals surface area contributed by atoms with Gasteiger partial charge in [0.05, 0.1) is 18.1 Å². The maximum absolute atomic E-state index is 12.9. The van der Waals surface area contributed by atoms with Crippen molar-refractivity contribution in [2.45, 2.75) is 19.4 Å². The summed E-state index contributed by atoms with van der Waals surface area (Å²) in [6.45, 7) is 2.95. The highest BCUT2D eigenvalue weighted by atomic mass is 19.1. The average Bonchev–Trinajstić information content (AvgIpc) is 2.78. The van der Waals surface area contributed by atoms with Crippen LogP contribution in [-0.4, -0.2) is 16.1 Å². The Kier molecular flexibility index (Phi) is 4.10. The van der Waals surface area contributed by atoms with Gasteiger partial charge in [0.25, 0.3) is 0 Å². The van der Waals surface area contributed by atoms with Gasteiger partial charge in [-0.05, 0) is 30.7 Å². The van der Waals surface area contributed by atoms with Crippen molar-refractivity contribution in [2.24, 2.45) is 7.05 Å². The number of imidazole rings is 1. The van der Waals surface area contributed by atoms with Gasteiger partial charge < -0.3 is 9.88 Å². The first-order chi connectivity index (χ1) is 8.69. The molecule has 1 aromatic heterocycles. The minimum atomic E-state index is -0.198. The van der Waals surface area contributed by atoms with Crippen LogP contribution in [0.2, 0.25) is 0 Å². The molecule has 1 N–H and O–H groups in total. The Morgan fingerprint density at radius 3 is 2.61 bits per heavy atom. The molecular weight excluding hydrogens is 229 g/mol. The highest BCUT2D eigenvalue weighted by molar-refractivity contribution is 5.19. The Morgan fingerprint density at radius 1 is 1.33 bits per heavy atom. The summed E-state index contributed by atoms with van der Waals surface area (Å²) < 4.78 is 14.8. The molecule has 0 aliphatic heterocycles. The van der Waals surface area contributed by atoms with Gasteiger partial charge in [-0.15, -0.1) is 0 Å². The van der Waals surface area contributed by atoms with Gasteiger partial charge in [-0.2, -0.15) is 0 Å². The molecule has 2 rings (SSSR count). The van der Waals surface area contributed by atoms with Crippen molar-refractivity contribution >= 4 is 0 Å². The number of hydrogen-bond acceptors (Lipinski definition) is 2. The highest BCUT2D eigenvalue weighted by Gasteiger charge is 2.13. The van der Waals surface area contributed by atoms with Gasteiger partial charge in [-0.25, -0.2) is 9.37 Å². The van der Waals surface area contributed by atoms with E-state index in [-0.39, 0.29) is 11.9 Å². The molecule has 0 fully saturated rings. The molecule has 0 saturated carbocycles. The Balaban J connectivity index is 2.13. The molecule has 0 aliphatic rings. The van der Waals surface area contributed by atoms with Gasteiger partial charge >= 0.3 is 0 Å². The molecule has 0 radical (unpaired) electrons. The number of halogens is 1. The third kappa shape index (κ3) is 3.17. The summed E-state index contributed by atoms with van der Waals surface area (Å²) in [7, 11) is 1.96. The maximum Gasteiger partial charge on any atom is 0.123 e. The predicted molar refractivity (Wildman–Crippen MR) is 69.7 cm³/mol.